The number of nitrogens with one attached hydrogen (secondary N) is 1. The summed E-state index contributed by atoms with van der Waals surface area (Å²) < 4.78 is 5.65. The molecule has 0 radical (unpaired) electrons. The topological polar surface area (TPSA) is 41.6 Å². The second-order valence-electron chi connectivity index (χ2n) is 5.67. The van der Waals surface area contributed by atoms with Gasteiger partial charge in [-0.2, -0.15) is 0 Å². The van der Waals surface area contributed by atoms with Crippen LogP contribution in [0.3, 0.4) is 0 Å². The predicted octanol–water partition coefficient (Wildman–Crippen LogP) is 1.40. The summed E-state index contributed by atoms with van der Waals surface area (Å²) in [4.78, 5) is 14.5. The van der Waals surface area contributed by atoms with Gasteiger partial charge in [-0.05, 0) is 45.2 Å². The minimum Gasteiger partial charge on any atom is -0.375 e. The van der Waals surface area contributed by atoms with Crippen molar-refractivity contribution in [2.75, 3.05) is 26.2 Å². The number of amides is 1. The zero-order valence-electron chi connectivity index (χ0n) is 11.7. The predicted molar refractivity (Wildman–Crippen MR) is 71.4 cm³/mol. The summed E-state index contributed by atoms with van der Waals surface area (Å²) in [6.07, 6.45) is 4.27. The number of nitrogens with zero attached hydrogens (tertiary/aromatic N) is 1. The summed E-state index contributed by atoms with van der Waals surface area (Å²) in [6.45, 7) is 7.75. The largest absolute Gasteiger partial charge is 0.375 e. The van der Waals surface area contributed by atoms with Gasteiger partial charge >= 0.3 is 0 Å². The van der Waals surface area contributed by atoms with Gasteiger partial charge in [-0.3, -0.25) is 4.79 Å². The Hall–Kier alpha value is -0.610. The average molecular weight is 254 g/mol. The van der Waals surface area contributed by atoms with Crippen LogP contribution in [-0.4, -0.2) is 49.2 Å². The minimum absolute atomic E-state index is 0.182. The molecular formula is C14H26N2O2. The number of morpholine rings is 1. The van der Waals surface area contributed by atoms with Gasteiger partial charge < -0.3 is 15.0 Å². The zero-order valence-corrected chi connectivity index (χ0v) is 11.7. The summed E-state index contributed by atoms with van der Waals surface area (Å²) in [7, 11) is 0. The van der Waals surface area contributed by atoms with Gasteiger partial charge in [-0.15, -0.1) is 0 Å². The van der Waals surface area contributed by atoms with E-state index < -0.39 is 0 Å². The molecule has 3 atom stereocenters. The summed E-state index contributed by atoms with van der Waals surface area (Å²) in [5.74, 6) is 0.854. The Kier molecular flexibility index (Phi) is 5.01. The van der Waals surface area contributed by atoms with Crippen molar-refractivity contribution in [3.63, 3.8) is 0 Å². The zero-order chi connectivity index (χ0) is 13.0. The summed E-state index contributed by atoms with van der Waals surface area (Å²) in [5, 5.41) is 3.38. The number of hydrogen-bond donors (Lipinski definition) is 1. The van der Waals surface area contributed by atoms with E-state index in [-0.39, 0.29) is 12.1 Å². The van der Waals surface area contributed by atoms with Crippen molar-refractivity contribution in [3.8, 4) is 0 Å². The molecular weight excluding hydrogens is 228 g/mol. The Morgan fingerprint density at radius 1 is 1.50 bits per heavy atom. The number of hydrogen-bond acceptors (Lipinski definition) is 3. The Labute approximate surface area is 110 Å². The molecule has 0 aliphatic carbocycles. The minimum atomic E-state index is 0.182. The second kappa shape index (κ2) is 6.53. The van der Waals surface area contributed by atoms with Gasteiger partial charge in [0.05, 0.1) is 18.8 Å². The normalized spacial score (nSPS) is 33.4. The van der Waals surface area contributed by atoms with Crippen LogP contribution in [0, 0.1) is 5.92 Å². The fraction of sp³-hybridized carbons (Fsp3) is 0.929. The molecule has 0 aromatic rings. The molecule has 104 valence electrons. The molecule has 4 nitrogen and oxygen atoms in total. The fourth-order valence-electron chi connectivity index (χ4n) is 2.95. The maximum Gasteiger partial charge on any atom is 0.223 e. The van der Waals surface area contributed by atoms with Crippen LogP contribution in [0.25, 0.3) is 0 Å². The lowest BCUT2D eigenvalue weighted by atomic mass is 9.95. The third kappa shape index (κ3) is 3.45. The molecule has 2 heterocycles. The van der Waals surface area contributed by atoms with Gasteiger partial charge in [0.1, 0.15) is 0 Å². The lowest BCUT2D eigenvalue weighted by molar-refractivity contribution is -0.145. The molecule has 2 saturated heterocycles. The fourth-order valence-corrected chi connectivity index (χ4v) is 2.95. The highest BCUT2D eigenvalue weighted by Crippen LogP contribution is 2.20. The van der Waals surface area contributed by atoms with Crippen LogP contribution in [0.5, 0.6) is 0 Å². The first-order valence-electron chi connectivity index (χ1n) is 7.32. The van der Waals surface area contributed by atoms with E-state index in [4.69, 9.17) is 4.74 Å². The summed E-state index contributed by atoms with van der Waals surface area (Å²) in [6, 6.07) is 0.283. The van der Waals surface area contributed by atoms with Crippen LogP contribution in [0.2, 0.25) is 0 Å². The van der Waals surface area contributed by atoms with Crippen LogP contribution < -0.4 is 5.32 Å². The number of carbonyl (C=O) groups excluding carboxylic acids is 1. The van der Waals surface area contributed by atoms with E-state index in [2.05, 4.69) is 17.1 Å². The van der Waals surface area contributed by atoms with Gasteiger partial charge in [0.2, 0.25) is 5.91 Å². The van der Waals surface area contributed by atoms with Crippen molar-refractivity contribution in [1.82, 2.24) is 10.2 Å². The molecule has 0 aromatic heterocycles. The van der Waals surface area contributed by atoms with Crippen LogP contribution in [0.15, 0.2) is 0 Å². The molecule has 0 saturated carbocycles. The Balaban J connectivity index is 1.88. The van der Waals surface area contributed by atoms with E-state index in [1.54, 1.807) is 0 Å². The Morgan fingerprint density at radius 2 is 2.33 bits per heavy atom. The van der Waals surface area contributed by atoms with E-state index in [1.807, 2.05) is 6.92 Å². The number of carbonyl (C=O) groups is 1. The lowest BCUT2D eigenvalue weighted by Crippen LogP contribution is -2.52. The smallest absolute Gasteiger partial charge is 0.223 e. The summed E-state index contributed by atoms with van der Waals surface area (Å²) in [5.41, 5.74) is 0. The first-order valence-corrected chi connectivity index (χ1v) is 7.32. The SMILES string of the molecule is CCC1COC(C)CN1C(=O)CC1CCCNC1. The molecule has 18 heavy (non-hydrogen) atoms. The maximum absolute atomic E-state index is 12.4. The van der Waals surface area contributed by atoms with Crippen LogP contribution in [0.4, 0.5) is 0 Å². The van der Waals surface area contributed by atoms with Gasteiger partial charge in [-0.25, -0.2) is 0 Å². The van der Waals surface area contributed by atoms with E-state index in [9.17, 15) is 4.79 Å². The van der Waals surface area contributed by atoms with Crippen molar-refractivity contribution in [1.29, 1.82) is 0 Å². The van der Waals surface area contributed by atoms with Gasteiger partial charge in [0, 0.05) is 13.0 Å². The van der Waals surface area contributed by atoms with Crippen molar-refractivity contribution >= 4 is 5.91 Å². The quantitative estimate of drug-likeness (QED) is 0.828. The average Bonchev–Trinajstić information content (AvgIpc) is 2.40. The monoisotopic (exact) mass is 254 g/mol. The van der Waals surface area contributed by atoms with Crippen LogP contribution in [-0.2, 0) is 9.53 Å². The summed E-state index contributed by atoms with van der Waals surface area (Å²) >= 11 is 0. The molecule has 0 aromatic carbocycles. The molecule has 4 heteroatoms. The van der Waals surface area contributed by atoms with E-state index in [0.717, 1.165) is 26.1 Å². The standard InChI is InChI=1S/C14H26N2O2/c1-3-13-10-18-11(2)9-16(13)14(17)7-12-5-4-6-15-8-12/h11-13,15H,3-10H2,1-2H3. The van der Waals surface area contributed by atoms with E-state index in [1.165, 1.54) is 12.8 Å². The van der Waals surface area contributed by atoms with Gasteiger partial charge in [0.25, 0.3) is 0 Å². The highest BCUT2D eigenvalue weighted by molar-refractivity contribution is 5.77. The Bertz CT molecular complexity index is 277. The molecule has 2 aliphatic rings. The maximum atomic E-state index is 12.4. The van der Waals surface area contributed by atoms with Crippen molar-refractivity contribution < 1.29 is 9.53 Å². The number of rotatable bonds is 3. The third-order valence-corrected chi connectivity index (χ3v) is 4.12. The number of ether oxygens (including phenoxy) is 1. The molecule has 2 fully saturated rings. The highest BCUT2D eigenvalue weighted by Gasteiger charge is 2.30. The van der Waals surface area contributed by atoms with E-state index >= 15 is 0 Å². The van der Waals surface area contributed by atoms with E-state index in [0.29, 0.717) is 24.9 Å². The molecule has 0 bridgehead atoms. The second-order valence-corrected chi connectivity index (χ2v) is 5.67. The van der Waals surface area contributed by atoms with Crippen molar-refractivity contribution in [2.45, 2.75) is 51.7 Å². The highest BCUT2D eigenvalue weighted by atomic mass is 16.5. The molecule has 2 aliphatic heterocycles. The van der Waals surface area contributed by atoms with Crippen molar-refractivity contribution in [2.24, 2.45) is 5.92 Å². The molecule has 0 spiro atoms. The van der Waals surface area contributed by atoms with Crippen LogP contribution in [0.1, 0.15) is 39.5 Å². The van der Waals surface area contributed by atoms with Crippen molar-refractivity contribution in [3.05, 3.63) is 0 Å². The van der Waals surface area contributed by atoms with Gasteiger partial charge in [-0.1, -0.05) is 6.92 Å². The first kappa shape index (κ1) is 13.8. The third-order valence-electron chi connectivity index (χ3n) is 4.12. The van der Waals surface area contributed by atoms with Gasteiger partial charge in [0.15, 0.2) is 0 Å². The molecule has 2 rings (SSSR count). The Morgan fingerprint density at radius 3 is 3.00 bits per heavy atom. The molecule has 1 N–H and O–H groups in total. The molecule has 1 amide bonds. The first-order chi connectivity index (χ1) is 8.70. The molecule has 3 unspecified atom stereocenters. The van der Waals surface area contributed by atoms with Crippen LogP contribution >= 0.6 is 0 Å². The number of piperidine rings is 1. The lowest BCUT2D eigenvalue weighted by Gasteiger charge is -2.39.